The topological polar surface area (TPSA) is 69.2 Å². The second kappa shape index (κ2) is 6.10. The van der Waals surface area contributed by atoms with Crippen molar-refractivity contribution in [2.24, 2.45) is 0 Å². The van der Waals surface area contributed by atoms with Crippen LogP contribution in [0.4, 0.5) is 0 Å². The van der Waals surface area contributed by atoms with Gasteiger partial charge in [-0.15, -0.1) is 0 Å². The number of likely N-dealkylation sites (tertiary alicyclic amines) is 1. The smallest absolute Gasteiger partial charge is 0.272 e. The van der Waals surface area contributed by atoms with E-state index in [1.807, 2.05) is 35.2 Å². The Hall–Kier alpha value is -2.14. The Kier molecular flexibility index (Phi) is 4.01. The van der Waals surface area contributed by atoms with E-state index in [1.165, 1.54) is 0 Å². The van der Waals surface area contributed by atoms with Crippen LogP contribution >= 0.6 is 0 Å². The van der Waals surface area contributed by atoms with Crippen LogP contribution in [0.2, 0.25) is 0 Å². The molecule has 0 spiro atoms. The first kappa shape index (κ1) is 13.8. The summed E-state index contributed by atoms with van der Waals surface area (Å²) < 4.78 is 0. The summed E-state index contributed by atoms with van der Waals surface area (Å²) in [5, 5.41) is 16.9. The van der Waals surface area contributed by atoms with E-state index in [-0.39, 0.29) is 11.9 Å². The lowest BCUT2D eigenvalue weighted by Crippen LogP contribution is -2.36. The van der Waals surface area contributed by atoms with Gasteiger partial charge in [-0.25, -0.2) is 0 Å². The first-order valence-corrected chi connectivity index (χ1v) is 7.29. The van der Waals surface area contributed by atoms with E-state index in [9.17, 15) is 9.90 Å². The van der Waals surface area contributed by atoms with E-state index in [1.54, 1.807) is 12.3 Å². The number of aromatic amines is 1. The minimum atomic E-state index is -0.536. The monoisotopic (exact) mass is 285 g/mol. The number of carbonyl (C=O) groups excluding carboxylic acids is 1. The van der Waals surface area contributed by atoms with Gasteiger partial charge in [0.15, 0.2) is 0 Å². The molecule has 0 saturated carbocycles. The summed E-state index contributed by atoms with van der Waals surface area (Å²) in [7, 11) is 0. The first-order chi connectivity index (χ1) is 10.3. The van der Waals surface area contributed by atoms with Crippen LogP contribution in [-0.2, 0) is 0 Å². The molecule has 1 saturated heterocycles. The number of aromatic nitrogens is 2. The van der Waals surface area contributed by atoms with E-state index in [0.717, 1.165) is 24.9 Å². The highest BCUT2D eigenvalue weighted by atomic mass is 16.3. The third-order valence-corrected chi connectivity index (χ3v) is 4.05. The van der Waals surface area contributed by atoms with Gasteiger partial charge in [-0.2, -0.15) is 5.10 Å². The molecule has 110 valence electrons. The molecule has 0 radical (unpaired) electrons. The van der Waals surface area contributed by atoms with Crippen LogP contribution in [0.3, 0.4) is 0 Å². The van der Waals surface area contributed by atoms with Crippen molar-refractivity contribution < 1.29 is 9.90 Å². The van der Waals surface area contributed by atoms with Gasteiger partial charge < -0.3 is 10.0 Å². The molecule has 2 heterocycles. The van der Waals surface area contributed by atoms with E-state index in [4.69, 9.17) is 0 Å². The molecule has 1 aromatic heterocycles. The molecular weight excluding hydrogens is 266 g/mol. The third kappa shape index (κ3) is 2.97. The molecule has 1 amide bonds. The molecule has 0 bridgehead atoms. The largest absolute Gasteiger partial charge is 0.388 e. The minimum absolute atomic E-state index is 0.0322. The number of nitrogens with one attached hydrogen (secondary N) is 1. The molecule has 0 unspecified atom stereocenters. The standard InChI is InChI=1S/C16H19N3O2/c20-15(12-5-2-1-3-6-12)11-13-7-4-10-19(13)16(21)14-8-9-17-18-14/h1-3,5-6,8-9,13,15,20H,4,7,10-11H2,(H,17,18)/t13-,15-/m1/s1. The fraction of sp³-hybridized carbons (Fsp3) is 0.375. The average molecular weight is 285 g/mol. The molecule has 2 aromatic rings. The molecule has 2 N–H and O–H groups in total. The van der Waals surface area contributed by atoms with Gasteiger partial charge in [0, 0.05) is 18.8 Å². The van der Waals surface area contributed by atoms with Crippen molar-refractivity contribution in [3.05, 3.63) is 53.9 Å². The molecule has 1 aliphatic rings. The molecular formula is C16H19N3O2. The van der Waals surface area contributed by atoms with Gasteiger partial charge in [0.05, 0.1) is 6.10 Å². The van der Waals surface area contributed by atoms with E-state index < -0.39 is 6.10 Å². The van der Waals surface area contributed by atoms with E-state index in [2.05, 4.69) is 10.2 Å². The van der Waals surface area contributed by atoms with E-state index >= 15 is 0 Å². The zero-order chi connectivity index (χ0) is 14.7. The molecule has 3 rings (SSSR count). The van der Waals surface area contributed by atoms with Gasteiger partial charge in [-0.05, 0) is 30.9 Å². The summed E-state index contributed by atoms with van der Waals surface area (Å²) in [4.78, 5) is 14.3. The van der Waals surface area contributed by atoms with E-state index in [0.29, 0.717) is 12.1 Å². The second-order valence-electron chi connectivity index (χ2n) is 5.43. The number of aliphatic hydroxyl groups is 1. The lowest BCUT2D eigenvalue weighted by Gasteiger charge is -2.26. The second-order valence-corrected chi connectivity index (χ2v) is 5.43. The number of amides is 1. The number of hydrogen-bond acceptors (Lipinski definition) is 3. The predicted octanol–water partition coefficient (Wildman–Crippen LogP) is 2.14. The Morgan fingerprint density at radius 2 is 2.19 bits per heavy atom. The molecule has 1 fully saturated rings. The maximum atomic E-state index is 12.4. The van der Waals surface area contributed by atoms with Gasteiger partial charge >= 0.3 is 0 Å². The molecule has 21 heavy (non-hydrogen) atoms. The SMILES string of the molecule is O=C(c1ccn[nH]1)N1CCC[C@@H]1C[C@@H](O)c1ccccc1. The molecule has 5 nitrogen and oxygen atoms in total. The zero-order valence-corrected chi connectivity index (χ0v) is 11.8. The van der Waals surface area contributed by atoms with Gasteiger partial charge in [0.1, 0.15) is 5.69 Å². The maximum Gasteiger partial charge on any atom is 0.272 e. The summed E-state index contributed by atoms with van der Waals surface area (Å²) in [5.41, 5.74) is 1.41. The molecule has 1 aromatic carbocycles. The van der Waals surface area contributed by atoms with Crippen molar-refractivity contribution in [1.82, 2.24) is 15.1 Å². The molecule has 2 atom stereocenters. The normalized spacial score (nSPS) is 19.7. The Balaban J connectivity index is 1.68. The van der Waals surface area contributed by atoms with Crippen LogP contribution in [0.15, 0.2) is 42.6 Å². The van der Waals surface area contributed by atoms with Crippen LogP contribution < -0.4 is 0 Å². The number of rotatable bonds is 4. The van der Waals surface area contributed by atoms with Crippen molar-refractivity contribution >= 4 is 5.91 Å². The van der Waals surface area contributed by atoms with Gasteiger partial charge in [0.2, 0.25) is 0 Å². The zero-order valence-electron chi connectivity index (χ0n) is 11.8. The highest BCUT2D eigenvalue weighted by molar-refractivity contribution is 5.92. The molecule has 1 aliphatic heterocycles. The molecule has 5 heteroatoms. The van der Waals surface area contributed by atoms with Crippen molar-refractivity contribution in [3.63, 3.8) is 0 Å². The summed E-state index contributed by atoms with van der Waals surface area (Å²) >= 11 is 0. The minimum Gasteiger partial charge on any atom is -0.388 e. The quantitative estimate of drug-likeness (QED) is 0.904. The summed E-state index contributed by atoms with van der Waals surface area (Å²) in [6.45, 7) is 0.740. The lowest BCUT2D eigenvalue weighted by atomic mass is 10.0. The Bertz CT molecular complexity index is 583. The summed E-state index contributed by atoms with van der Waals surface area (Å²) in [5.74, 6) is -0.0322. The third-order valence-electron chi connectivity index (χ3n) is 4.05. The average Bonchev–Trinajstić information content (AvgIpc) is 3.19. The van der Waals surface area contributed by atoms with Crippen molar-refractivity contribution in [1.29, 1.82) is 0 Å². The number of nitrogens with zero attached hydrogens (tertiary/aromatic N) is 2. The van der Waals surface area contributed by atoms with Crippen molar-refractivity contribution in [3.8, 4) is 0 Å². The highest BCUT2D eigenvalue weighted by Crippen LogP contribution is 2.28. The van der Waals surface area contributed by atoms with Gasteiger partial charge in [0.25, 0.3) is 5.91 Å². The summed E-state index contributed by atoms with van der Waals surface area (Å²) in [6.07, 6.45) is 3.53. The van der Waals surface area contributed by atoms with Gasteiger partial charge in [-0.3, -0.25) is 9.89 Å². The number of H-pyrrole nitrogens is 1. The number of benzene rings is 1. The van der Waals surface area contributed by atoms with Crippen molar-refractivity contribution in [2.45, 2.75) is 31.4 Å². The Morgan fingerprint density at radius 1 is 1.38 bits per heavy atom. The van der Waals surface area contributed by atoms with Crippen LogP contribution in [0.25, 0.3) is 0 Å². The number of hydrogen-bond donors (Lipinski definition) is 2. The first-order valence-electron chi connectivity index (χ1n) is 7.29. The van der Waals surface area contributed by atoms with Crippen LogP contribution in [-0.4, -0.2) is 38.7 Å². The van der Waals surface area contributed by atoms with Crippen LogP contribution in [0, 0.1) is 0 Å². The maximum absolute atomic E-state index is 12.4. The predicted molar refractivity (Wildman–Crippen MR) is 78.7 cm³/mol. The highest BCUT2D eigenvalue weighted by Gasteiger charge is 2.31. The summed E-state index contributed by atoms with van der Waals surface area (Å²) in [6, 6.07) is 11.4. The Morgan fingerprint density at radius 3 is 2.90 bits per heavy atom. The van der Waals surface area contributed by atoms with Crippen molar-refractivity contribution in [2.75, 3.05) is 6.54 Å². The fourth-order valence-corrected chi connectivity index (χ4v) is 2.95. The molecule has 0 aliphatic carbocycles. The van der Waals surface area contributed by atoms with Gasteiger partial charge in [-0.1, -0.05) is 30.3 Å². The Labute approximate surface area is 123 Å². The van der Waals surface area contributed by atoms with Crippen LogP contribution in [0.1, 0.15) is 41.4 Å². The van der Waals surface area contributed by atoms with Crippen LogP contribution in [0.5, 0.6) is 0 Å². The fourth-order valence-electron chi connectivity index (χ4n) is 2.95. The number of aliphatic hydroxyl groups excluding tert-OH is 1. The lowest BCUT2D eigenvalue weighted by molar-refractivity contribution is 0.0661. The number of carbonyl (C=O) groups is 1.